The second kappa shape index (κ2) is 8.59. The summed E-state index contributed by atoms with van der Waals surface area (Å²) in [4.78, 5) is 0. The Morgan fingerprint density at radius 1 is 1.00 bits per heavy atom. The fraction of sp³-hybridized carbons (Fsp3) is 0.391. The normalized spacial score (nSPS) is 20.1. The third-order valence-corrected chi connectivity index (χ3v) is 5.43. The Balaban J connectivity index is 1.78. The van der Waals surface area contributed by atoms with Crippen LogP contribution in [0.5, 0.6) is 0 Å². The average Bonchev–Trinajstić information content (AvgIpc) is 2.67. The van der Waals surface area contributed by atoms with Crippen LogP contribution in [0.2, 0.25) is 0 Å². The molecule has 0 spiro atoms. The second-order valence-corrected chi connectivity index (χ2v) is 7.09. The molecule has 1 saturated carbocycles. The van der Waals surface area contributed by atoms with Crippen molar-refractivity contribution in [3.8, 4) is 11.1 Å². The van der Waals surface area contributed by atoms with Crippen LogP contribution in [0.25, 0.3) is 11.1 Å². The molecule has 1 fully saturated rings. The largest absolute Gasteiger partial charge is 0.381 e. The van der Waals surface area contributed by atoms with Gasteiger partial charge in [-0.05, 0) is 67.7 Å². The van der Waals surface area contributed by atoms with Crippen molar-refractivity contribution in [1.82, 2.24) is 0 Å². The van der Waals surface area contributed by atoms with Crippen molar-refractivity contribution in [3.63, 3.8) is 0 Å². The summed E-state index contributed by atoms with van der Waals surface area (Å²) < 4.78 is 34.6. The highest BCUT2D eigenvalue weighted by Crippen LogP contribution is 2.36. The summed E-state index contributed by atoms with van der Waals surface area (Å²) in [6, 6.07) is 10.3. The quantitative estimate of drug-likeness (QED) is 0.542. The first kappa shape index (κ1) is 18.8. The molecule has 0 saturated heterocycles. The smallest absolute Gasteiger partial charge is 0.131 e. The van der Waals surface area contributed by atoms with Gasteiger partial charge in [0.1, 0.15) is 11.6 Å². The molecule has 3 rings (SSSR count). The van der Waals surface area contributed by atoms with Crippen molar-refractivity contribution >= 4 is 0 Å². The van der Waals surface area contributed by atoms with E-state index in [0.29, 0.717) is 23.1 Å². The van der Waals surface area contributed by atoms with Gasteiger partial charge in [-0.25, -0.2) is 8.78 Å². The van der Waals surface area contributed by atoms with Gasteiger partial charge in [0.2, 0.25) is 0 Å². The van der Waals surface area contributed by atoms with E-state index in [-0.39, 0.29) is 11.6 Å². The molecule has 0 aromatic heterocycles. The van der Waals surface area contributed by atoms with Crippen molar-refractivity contribution in [2.45, 2.75) is 50.5 Å². The number of methoxy groups -OCH3 is 1. The molecule has 1 aliphatic carbocycles. The third-order valence-electron chi connectivity index (χ3n) is 5.43. The maximum atomic E-state index is 14.7. The van der Waals surface area contributed by atoms with Crippen LogP contribution in [0, 0.1) is 11.6 Å². The second-order valence-electron chi connectivity index (χ2n) is 7.09. The Hall–Kier alpha value is -2.00. The number of halogens is 2. The lowest BCUT2D eigenvalue weighted by Gasteiger charge is -2.28. The number of allylic oxidation sites excluding steroid dienone is 1. The summed E-state index contributed by atoms with van der Waals surface area (Å²) in [5.74, 6) is -0.371. The van der Waals surface area contributed by atoms with E-state index >= 15 is 0 Å². The summed E-state index contributed by atoms with van der Waals surface area (Å²) >= 11 is 0. The number of rotatable bonds is 6. The number of hydrogen-bond donors (Lipinski definition) is 0. The third kappa shape index (κ3) is 4.21. The van der Waals surface area contributed by atoms with Crippen LogP contribution in [0.1, 0.15) is 49.1 Å². The zero-order chi connectivity index (χ0) is 18.5. The molecular weight excluding hydrogens is 330 g/mol. The molecule has 0 unspecified atom stereocenters. The van der Waals surface area contributed by atoms with Crippen molar-refractivity contribution in [1.29, 1.82) is 0 Å². The van der Waals surface area contributed by atoms with Gasteiger partial charge in [-0.2, -0.15) is 0 Å². The lowest BCUT2D eigenvalue weighted by atomic mass is 9.82. The van der Waals surface area contributed by atoms with E-state index in [0.717, 1.165) is 49.7 Å². The Labute approximate surface area is 154 Å². The average molecular weight is 356 g/mol. The first-order chi connectivity index (χ1) is 12.6. The van der Waals surface area contributed by atoms with E-state index in [1.807, 2.05) is 18.2 Å². The minimum atomic E-state index is -0.376. The Morgan fingerprint density at radius 2 is 1.65 bits per heavy atom. The highest BCUT2D eigenvalue weighted by Gasteiger charge is 2.23. The Morgan fingerprint density at radius 3 is 2.23 bits per heavy atom. The molecule has 0 aliphatic heterocycles. The van der Waals surface area contributed by atoms with Gasteiger partial charge >= 0.3 is 0 Å². The van der Waals surface area contributed by atoms with Crippen molar-refractivity contribution in [3.05, 3.63) is 71.8 Å². The molecule has 1 aliphatic rings. The highest BCUT2D eigenvalue weighted by atomic mass is 19.1. The number of hydrogen-bond acceptors (Lipinski definition) is 1. The topological polar surface area (TPSA) is 9.23 Å². The highest BCUT2D eigenvalue weighted by molar-refractivity contribution is 5.65. The molecule has 0 atom stereocenters. The van der Waals surface area contributed by atoms with Crippen molar-refractivity contribution < 1.29 is 13.5 Å². The Kier molecular flexibility index (Phi) is 6.20. The Bertz CT molecular complexity index is 761. The lowest BCUT2D eigenvalue weighted by molar-refractivity contribution is 0.0658. The molecule has 0 bridgehead atoms. The first-order valence-electron chi connectivity index (χ1n) is 9.34. The summed E-state index contributed by atoms with van der Waals surface area (Å²) in [5, 5.41) is 0. The molecule has 138 valence electrons. The van der Waals surface area contributed by atoms with Crippen LogP contribution in [0.15, 0.2) is 49.1 Å². The molecule has 0 amide bonds. The van der Waals surface area contributed by atoms with Crippen LogP contribution in [0.4, 0.5) is 8.78 Å². The number of ether oxygens (including phenoxy) is 1. The number of benzene rings is 2. The first-order valence-corrected chi connectivity index (χ1v) is 9.34. The monoisotopic (exact) mass is 356 g/mol. The molecule has 26 heavy (non-hydrogen) atoms. The van der Waals surface area contributed by atoms with Gasteiger partial charge in [0.05, 0.1) is 6.10 Å². The van der Waals surface area contributed by atoms with Crippen LogP contribution < -0.4 is 0 Å². The van der Waals surface area contributed by atoms with Gasteiger partial charge in [0.25, 0.3) is 0 Å². The lowest BCUT2D eigenvalue weighted by Crippen LogP contribution is -2.19. The van der Waals surface area contributed by atoms with Crippen molar-refractivity contribution in [2.75, 3.05) is 7.11 Å². The van der Waals surface area contributed by atoms with Gasteiger partial charge in [-0.1, -0.05) is 30.3 Å². The van der Waals surface area contributed by atoms with Gasteiger partial charge in [0, 0.05) is 18.2 Å². The molecule has 1 nitrogen and oxygen atoms in total. The van der Waals surface area contributed by atoms with Crippen molar-refractivity contribution in [2.24, 2.45) is 0 Å². The summed E-state index contributed by atoms with van der Waals surface area (Å²) in [7, 11) is 1.75. The minimum absolute atomic E-state index is 0.319. The molecule has 2 aromatic carbocycles. The van der Waals surface area contributed by atoms with Crippen LogP contribution >= 0.6 is 0 Å². The number of aryl methyl sites for hydroxylation is 1. The maximum absolute atomic E-state index is 14.7. The van der Waals surface area contributed by atoms with E-state index in [4.69, 9.17) is 4.74 Å². The van der Waals surface area contributed by atoms with E-state index in [1.54, 1.807) is 25.3 Å². The molecule has 0 heterocycles. The van der Waals surface area contributed by atoms with E-state index in [1.165, 1.54) is 6.07 Å². The van der Waals surface area contributed by atoms with Crippen LogP contribution in [-0.4, -0.2) is 13.2 Å². The summed E-state index contributed by atoms with van der Waals surface area (Å²) in [6.45, 7) is 3.68. The zero-order valence-corrected chi connectivity index (χ0v) is 15.3. The molecule has 3 heteroatoms. The molecular formula is C23H26F2O. The fourth-order valence-electron chi connectivity index (χ4n) is 3.84. The minimum Gasteiger partial charge on any atom is -0.381 e. The van der Waals surface area contributed by atoms with Crippen LogP contribution in [0.3, 0.4) is 0 Å². The fourth-order valence-corrected chi connectivity index (χ4v) is 3.84. The van der Waals surface area contributed by atoms with Crippen LogP contribution in [-0.2, 0) is 11.2 Å². The SMILES string of the molecule is C=CCCc1ccc(-c2ccc(C3CCC(OC)CC3)cc2F)c(F)c1. The predicted octanol–water partition coefficient (Wildman–Crippen LogP) is 6.42. The van der Waals surface area contributed by atoms with Gasteiger partial charge in [-0.3, -0.25) is 0 Å². The van der Waals surface area contributed by atoms with E-state index in [2.05, 4.69) is 6.58 Å². The predicted molar refractivity (Wildman–Crippen MR) is 102 cm³/mol. The molecule has 2 aromatic rings. The maximum Gasteiger partial charge on any atom is 0.131 e. The molecule has 0 N–H and O–H groups in total. The standard InChI is InChI=1S/C23H26F2O/c1-3-4-5-16-6-12-20(22(24)14-16)21-13-9-18(15-23(21)25)17-7-10-19(26-2)11-8-17/h3,6,9,12-15,17,19H,1,4-5,7-8,10-11H2,2H3. The zero-order valence-electron chi connectivity index (χ0n) is 15.3. The van der Waals surface area contributed by atoms with Gasteiger partial charge in [0.15, 0.2) is 0 Å². The van der Waals surface area contributed by atoms with Gasteiger partial charge in [-0.15, -0.1) is 6.58 Å². The summed E-state index contributed by atoms with van der Waals surface area (Å²) in [5.41, 5.74) is 2.55. The van der Waals surface area contributed by atoms with Gasteiger partial charge < -0.3 is 4.74 Å². The molecule has 0 radical (unpaired) electrons. The van der Waals surface area contributed by atoms with E-state index < -0.39 is 0 Å². The summed E-state index contributed by atoms with van der Waals surface area (Å²) in [6.07, 6.45) is 7.69. The van der Waals surface area contributed by atoms with E-state index in [9.17, 15) is 8.78 Å².